The second-order valence-corrected chi connectivity index (χ2v) is 5.93. The van der Waals surface area contributed by atoms with Crippen LogP contribution in [0.1, 0.15) is 6.42 Å². The molecule has 0 radical (unpaired) electrons. The Morgan fingerprint density at radius 1 is 1.36 bits per heavy atom. The molecule has 0 amide bonds. The predicted molar refractivity (Wildman–Crippen MR) is 88.0 cm³/mol. The van der Waals surface area contributed by atoms with Gasteiger partial charge in [-0.05, 0) is 31.7 Å². The molecule has 1 unspecified atom stereocenters. The van der Waals surface area contributed by atoms with Crippen LogP contribution in [-0.2, 0) is 7.05 Å². The molecule has 6 nitrogen and oxygen atoms in total. The van der Waals surface area contributed by atoms with Crippen LogP contribution in [-0.4, -0.2) is 46.2 Å². The third-order valence-corrected chi connectivity index (χ3v) is 4.49. The SMILES string of the molecule is CNC1CCN(c2ccc3[nH]nc(-c4cnn(C)c4)c3c2)C1. The van der Waals surface area contributed by atoms with Crippen LogP contribution in [0.3, 0.4) is 0 Å². The van der Waals surface area contributed by atoms with E-state index in [1.165, 1.54) is 12.1 Å². The van der Waals surface area contributed by atoms with E-state index in [-0.39, 0.29) is 0 Å². The highest BCUT2D eigenvalue weighted by Gasteiger charge is 2.22. The van der Waals surface area contributed by atoms with Gasteiger partial charge in [-0.2, -0.15) is 10.2 Å². The molecule has 0 saturated carbocycles. The number of benzene rings is 1. The molecule has 2 N–H and O–H groups in total. The fourth-order valence-electron chi connectivity index (χ4n) is 3.19. The summed E-state index contributed by atoms with van der Waals surface area (Å²) < 4.78 is 1.80. The first-order chi connectivity index (χ1) is 10.7. The van der Waals surface area contributed by atoms with Crippen LogP contribution < -0.4 is 10.2 Å². The van der Waals surface area contributed by atoms with E-state index in [1.807, 2.05) is 26.5 Å². The van der Waals surface area contributed by atoms with Crippen LogP contribution >= 0.6 is 0 Å². The van der Waals surface area contributed by atoms with Crippen molar-refractivity contribution in [2.45, 2.75) is 12.5 Å². The molecule has 0 aliphatic carbocycles. The van der Waals surface area contributed by atoms with E-state index in [2.05, 4.69) is 43.7 Å². The zero-order chi connectivity index (χ0) is 15.1. The van der Waals surface area contributed by atoms with Crippen molar-refractivity contribution in [1.29, 1.82) is 0 Å². The minimum atomic E-state index is 0.581. The Kier molecular flexibility index (Phi) is 3.11. The number of nitrogens with one attached hydrogen (secondary N) is 2. The molecule has 4 rings (SSSR count). The van der Waals surface area contributed by atoms with Gasteiger partial charge in [-0.15, -0.1) is 0 Å². The monoisotopic (exact) mass is 296 g/mol. The average molecular weight is 296 g/mol. The number of anilines is 1. The second-order valence-electron chi connectivity index (χ2n) is 5.93. The first-order valence-electron chi connectivity index (χ1n) is 7.64. The minimum absolute atomic E-state index is 0.581. The van der Waals surface area contributed by atoms with Crippen molar-refractivity contribution in [3.8, 4) is 11.3 Å². The molecule has 1 fully saturated rings. The summed E-state index contributed by atoms with van der Waals surface area (Å²) in [6.45, 7) is 2.15. The van der Waals surface area contributed by atoms with Gasteiger partial charge in [0.1, 0.15) is 5.69 Å². The third kappa shape index (κ3) is 2.16. The van der Waals surface area contributed by atoms with E-state index in [4.69, 9.17) is 0 Å². The molecule has 2 aromatic heterocycles. The Morgan fingerprint density at radius 3 is 3.00 bits per heavy atom. The lowest BCUT2D eigenvalue weighted by Gasteiger charge is -2.18. The van der Waals surface area contributed by atoms with Gasteiger partial charge in [0.2, 0.25) is 0 Å². The van der Waals surface area contributed by atoms with Crippen molar-refractivity contribution in [1.82, 2.24) is 25.3 Å². The highest BCUT2D eigenvalue weighted by Crippen LogP contribution is 2.30. The van der Waals surface area contributed by atoms with E-state index in [0.717, 1.165) is 35.2 Å². The van der Waals surface area contributed by atoms with Crippen molar-refractivity contribution >= 4 is 16.6 Å². The molecule has 0 bridgehead atoms. The highest BCUT2D eigenvalue weighted by atomic mass is 15.2. The largest absolute Gasteiger partial charge is 0.370 e. The number of H-pyrrole nitrogens is 1. The second kappa shape index (κ2) is 5.14. The van der Waals surface area contributed by atoms with Crippen LogP contribution in [0.4, 0.5) is 5.69 Å². The van der Waals surface area contributed by atoms with Crippen molar-refractivity contribution in [2.24, 2.45) is 7.05 Å². The molecule has 1 aliphatic rings. The third-order valence-electron chi connectivity index (χ3n) is 4.49. The van der Waals surface area contributed by atoms with Crippen LogP contribution in [0.5, 0.6) is 0 Å². The Bertz CT molecular complexity index is 802. The molecule has 22 heavy (non-hydrogen) atoms. The molecule has 3 aromatic rings. The van der Waals surface area contributed by atoms with Gasteiger partial charge in [0.15, 0.2) is 0 Å². The van der Waals surface area contributed by atoms with Crippen molar-refractivity contribution in [2.75, 3.05) is 25.0 Å². The Morgan fingerprint density at radius 2 is 2.27 bits per heavy atom. The first-order valence-corrected chi connectivity index (χ1v) is 7.64. The number of nitrogens with zero attached hydrogens (tertiary/aromatic N) is 4. The molecule has 1 saturated heterocycles. The van der Waals surface area contributed by atoms with Crippen LogP contribution in [0.2, 0.25) is 0 Å². The van der Waals surface area contributed by atoms with Gasteiger partial charge in [-0.1, -0.05) is 0 Å². The quantitative estimate of drug-likeness (QED) is 0.773. The molecule has 0 spiro atoms. The van der Waals surface area contributed by atoms with Crippen molar-refractivity contribution in [3.05, 3.63) is 30.6 Å². The lowest BCUT2D eigenvalue weighted by Crippen LogP contribution is -2.29. The van der Waals surface area contributed by atoms with Gasteiger partial charge in [0.05, 0.1) is 11.7 Å². The summed E-state index contributed by atoms with van der Waals surface area (Å²) in [5, 5.41) is 16.3. The van der Waals surface area contributed by atoms with Crippen LogP contribution in [0, 0.1) is 0 Å². The lowest BCUT2D eigenvalue weighted by molar-refractivity contribution is 0.617. The fourth-order valence-corrected chi connectivity index (χ4v) is 3.19. The average Bonchev–Trinajstić information content (AvgIpc) is 3.24. The number of aryl methyl sites for hydroxylation is 1. The summed E-state index contributed by atoms with van der Waals surface area (Å²) in [5.74, 6) is 0. The standard InChI is InChI=1S/C16H20N6/c1-17-12-5-6-22(10-12)13-3-4-15-14(7-13)16(20-19-15)11-8-18-21(2)9-11/h3-4,7-9,12,17H,5-6,10H2,1-2H3,(H,19,20). The molecule has 3 heterocycles. The van der Waals surface area contributed by atoms with Gasteiger partial charge < -0.3 is 10.2 Å². The molecular formula is C16H20N6. The smallest absolute Gasteiger partial charge is 0.103 e. The molecular weight excluding hydrogens is 276 g/mol. The number of aromatic amines is 1. The van der Waals surface area contributed by atoms with Crippen LogP contribution in [0.25, 0.3) is 22.2 Å². The van der Waals surface area contributed by atoms with Gasteiger partial charge in [0, 0.05) is 49.0 Å². The Balaban J connectivity index is 1.73. The zero-order valence-corrected chi connectivity index (χ0v) is 12.9. The number of fused-ring (bicyclic) bond motifs is 1. The minimum Gasteiger partial charge on any atom is -0.370 e. The summed E-state index contributed by atoms with van der Waals surface area (Å²) >= 11 is 0. The van der Waals surface area contributed by atoms with Gasteiger partial charge in [0.25, 0.3) is 0 Å². The van der Waals surface area contributed by atoms with Crippen molar-refractivity contribution in [3.63, 3.8) is 0 Å². The molecule has 1 atom stereocenters. The van der Waals surface area contributed by atoms with E-state index in [1.54, 1.807) is 4.68 Å². The summed E-state index contributed by atoms with van der Waals surface area (Å²) in [7, 11) is 3.96. The number of hydrogen-bond donors (Lipinski definition) is 2. The number of hydrogen-bond acceptors (Lipinski definition) is 4. The summed E-state index contributed by atoms with van der Waals surface area (Å²) in [5.41, 5.74) is 4.33. The maximum Gasteiger partial charge on any atom is 0.103 e. The normalized spacial score (nSPS) is 18.5. The first kappa shape index (κ1) is 13.3. The van der Waals surface area contributed by atoms with E-state index < -0.39 is 0 Å². The maximum absolute atomic E-state index is 4.47. The predicted octanol–water partition coefficient (Wildman–Crippen LogP) is 1.76. The van der Waals surface area contributed by atoms with E-state index in [0.29, 0.717) is 6.04 Å². The summed E-state index contributed by atoms with van der Waals surface area (Å²) in [6.07, 6.45) is 5.04. The molecule has 114 valence electrons. The van der Waals surface area contributed by atoms with E-state index in [9.17, 15) is 0 Å². The topological polar surface area (TPSA) is 61.8 Å². The molecule has 1 aliphatic heterocycles. The lowest BCUT2D eigenvalue weighted by atomic mass is 10.1. The highest BCUT2D eigenvalue weighted by molar-refractivity contribution is 5.94. The van der Waals surface area contributed by atoms with Crippen molar-refractivity contribution < 1.29 is 0 Å². The fraction of sp³-hybridized carbons (Fsp3) is 0.375. The van der Waals surface area contributed by atoms with Gasteiger partial charge >= 0.3 is 0 Å². The summed E-state index contributed by atoms with van der Waals surface area (Å²) in [4.78, 5) is 2.43. The maximum atomic E-state index is 4.47. The Hall–Kier alpha value is -2.34. The Labute approximate surface area is 129 Å². The van der Waals surface area contributed by atoms with Gasteiger partial charge in [-0.25, -0.2) is 0 Å². The van der Waals surface area contributed by atoms with E-state index >= 15 is 0 Å². The van der Waals surface area contributed by atoms with Crippen LogP contribution in [0.15, 0.2) is 30.6 Å². The zero-order valence-electron chi connectivity index (χ0n) is 12.9. The van der Waals surface area contributed by atoms with Gasteiger partial charge in [-0.3, -0.25) is 9.78 Å². The molecule has 6 heteroatoms. The molecule has 1 aromatic carbocycles. The number of aromatic nitrogens is 4. The number of rotatable bonds is 3. The summed E-state index contributed by atoms with van der Waals surface area (Å²) in [6, 6.07) is 7.10. The number of likely N-dealkylation sites (N-methyl/N-ethyl adjacent to an activating group) is 1.